The predicted molar refractivity (Wildman–Crippen MR) is 120 cm³/mol. The van der Waals surface area contributed by atoms with Crippen LogP contribution in [0.15, 0.2) is 69.8 Å². The minimum Gasteiger partial charge on any atom is -0.0619 e. The molecule has 1 unspecified atom stereocenters. The van der Waals surface area contributed by atoms with Crippen molar-refractivity contribution >= 4 is 28.2 Å². The van der Waals surface area contributed by atoms with Crippen LogP contribution >= 0.6 is 22.6 Å². The van der Waals surface area contributed by atoms with Gasteiger partial charge >= 0.3 is 0 Å². The van der Waals surface area contributed by atoms with E-state index < -0.39 is 0 Å². The Balaban J connectivity index is 1.57. The van der Waals surface area contributed by atoms with Crippen LogP contribution in [0.1, 0.15) is 49.8 Å². The Labute approximate surface area is 169 Å². The zero-order chi connectivity index (χ0) is 17.9. The highest BCUT2D eigenvalue weighted by molar-refractivity contribution is 14.1. The van der Waals surface area contributed by atoms with Gasteiger partial charge in [-0.2, -0.15) is 0 Å². The number of rotatable bonds is 1. The second-order valence-corrected chi connectivity index (χ2v) is 9.71. The van der Waals surface area contributed by atoms with E-state index in [0.29, 0.717) is 5.92 Å². The maximum atomic E-state index is 2.49. The summed E-state index contributed by atoms with van der Waals surface area (Å²) in [6, 6.07) is 16.0. The lowest BCUT2D eigenvalue weighted by Crippen LogP contribution is -2.15. The molecule has 1 heteroatoms. The Kier molecular flexibility index (Phi) is 3.79. The molecule has 3 aliphatic rings. The smallest absolute Gasteiger partial charge is 0.0159 e. The highest BCUT2D eigenvalue weighted by atomic mass is 127. The zero-order valence-corrected chi connectivity index (χ0v) is 17.5. The lowest BCUT2D eigenvalue weighted by Gasteiger charge is -2.28. The zero-order valence-electron chi connectivity index (χ0n) is 15.4. The van der Waals surface area contributed by atoms with Crippen LogP contribution in [0.3, 0.4) is 0 Å². The summed E-state index contributed by atoms with van der Waals surface area (Å²) < 4.78 is 1.50. The van der Waals surface area contributed by atoms with Gasteiger partial charge in [-0.05, 0) is 102 Å². The first-order chi connectivity index (χ1) is 12.5. The van der Waals surface area contributed by atoms with Crippen molar-refractivity contribution in [3.63, 3.8) is 0 Å². The van der Waals surface area contributed by atoms with Crippen LogP contribution in [0.25, 0.3) is 16.7 Å². The third-order valence-corrected chi connectivity index (χ3v) is 7.27. The van der Waals surface area contributed by atoms with E-state index in [1.807, 2.05) is 0 Å². The monoisotopic (exact) mass is 450 g/mol. The summed E-state index contributed by atoms with van der Waals surface area (Å²) in [7, 11) is 0. The Hall–Kier alpha value is -1.61. The molecular weight excluding hydrogens is 427 g/mol. The molecule has 1 atom stereocenters. The molecule has 0 heterocycles. The molecule has 0 bridgehead atoms. The van der Waals surface area contributed by atoms with Gasteiger partial charge in [-0.25, -0.2) is 0 Å². The molecule has 2 aromatic rings. The minimum atomic E-state index is 0.0852. The minimum absolute atomic E-state index is 0.0852. The molecule has 0 aromatic heterocycles. The van der Waals surface area contributed by atoms with E-state index in [9.17, 15) is 0 Å². The largest absolute Gasteiger partial charge is 0.0619 e. The van der Waals surface area contributed by atoms with Crippen LogP contribution in [0.2, 0.25) is 0 Å². The van der Waals surface area contributed by atoms with Gasteiger partial charge in [0.05, 0.1) is 0 Å². The summed E-state index contributed by atoms with van der Waals surface area (Å²) in [5, 5.41) is 0. The first kappa shape index (κ1) is 16.6. The van der Waals surface area contributed by atoms with Crippen molar-refractivity contribution in [2.24, 2.45) is 5.92 Å². The van der Waals surface area contributed by atoms with Crippen molar-refractivity contribution in [2.45, 2.75) is 38.5 Å². The molecular formula is C25H23I. The average Bonchev–Trinajstić information content (AvgIpc) is 2.89. The summed E-state index contributed by atoms with van der Waals surface area (Å²) in [6.45, 7) is 4.73. The topological polar surface area (TPSA) is 0 Å². The third kappa shape index (κ3) is 2.47. The van der Waals surface area contributed by atoms with Gasteiger partial charge in [0.1, 0.15) is 0 Å². The molecule has 5 rings (SSSR count). The van der Waals surface area contributed by atoms with Crippen LogP contribution < -0.4 is 0 Å². The van der Waals surface area contributed by atoms with Gasteiger partial charge in [0.25, 0.3) is 0 Å². The van der Waals surface area contributed by atoms with Crippen LogP contribution in [0.5, 0.6) is 0 Å². The first-order valence-corrected chi connectivity index (χ1v) is 10.6. The van der Waals surface area contributed by atoms with Gasteiger partial charge in [-0.3, -0.25) is 0 Å². The Morgan fingerprint density at radius 3 is 2.65 bits per heavy atom. The highest BCUT2D eigenvalue weighted by Gasteiger charge is 2.35. The molecule has 2 aromatic carbocycles. The number of halogens is 1. The van der Waals surface area contributed by atoms with Crippen molar-refractivity contribution in [1.82, 2.24) is 0 Å². The van der Waals surface area contributed by atoms with Gasteiger partial charge in [0.15, 0.2) is 0 Å². The number of fused-ring (bicyclic) bond motifs is 4. The molecule has 26 heavy (non-hydrogen) atoms. The molecule has 0 radical (unpaired) electrons. The van der Waals surface area contributed by atoms with Crippen molar-refractivity contribution in [1.29, 1.82) is 0 Å². The molecule has 0 saturated heterocycles. The van der Waals surface area contributed by atoms with E-state index in [1.165, 1.54) is 61.8 Å². The summed E-state index contributed by atoms with van der Waals surface area (Å²) in [4.78, 5) is 0. The van der Waals surface area contributed by atoms with E-state index in [4.69, 9.17) is 0 Å². The number of hydrogen-bond donors (Lipinski definition) is 0. The van der Waals surface area contributed by atoms with Gasteiger partial charge in [0, 0.05) is 5.41 Å². The van der Waals surface area contributed by atoms with Crippen LogP contribution in [-0.2, 0) is 5.41 Å². The molecule has 0 spiro atoms. The van der Waals surface area contributed by atoms with Crippen molar-refractivity contribution in [3.05, 3.63) is 86.5 Å². The van der Waals surface area contributed by atoms with E-state index in [-0.39, 0.29) is 5.41 Å². The summed E-state index contributed by atoms with van der Waals surface area (Å²) in [6.07, 6.45) is 10.8. The summed E-state index contributed by atoms with van der Waals surface area (Å²) >= 11 is 2.49. The molecule has 130 valence electrons. The first-order valence-electron chi connectivity index (χ1n) is 9.55. The number of hydrogen-bond acceptors (Lipinski definition) is 0. The normalized spacial score (nSPS) is 22.6. The molecule has 0 amide bonds. The fourth-order valence-electron chi connectivity index (χ4n) is 4.90. The average molecular weight is 450 g/mol. The second kappa shape index (κ2) is 5.95. The Morgan fingerprint density at radius 2 is 1.77 bits per heavy atom. The SMILES string of the molecule is CC1(C)c2ccccc2-c2ccc(C3=CC=C4C=C(I)CCC4C3)cc21. The Morgan fingerprint density at radius 1 is 0.962 bits per heavy atom. The molecule has 0 N–H and O–H groups in total. The third-order valence-electron chi connectivity index (χ3n) is 6.42. The number of benzene rings is 2. The van der Waals surface area contributed by atoms with Crippen LogP contribution in [0.4, 0.5) is 0 Å². The van der Waals surface area contributed by atoms with Gasteiger partial charge in [-0.1, -0.05) is 62.4 Å². The lowest BCUT2D eigenvalue weighted by molar-refractivity contribution is 0.571. The Bertz CT molecular complexity index is 1000. The maximum Gasteiger partial charge on any atom is 0.0159 e. The van der Waals surface area contributed by atoms with Crippen LogP contribution in [-0.4, -0.2) is 0 Å². The van der Waals surface area contributed by atoms with Crippen molar-refractivity contribution in [2.75, 3.05) is 0 Å². The van der Waals surface area contributed by atoms with E-state index in [2.05, 4.69) is 97.1 Å². The maximum absolute atomic E-state index is 2.49. The van der Waals surface area contributed by atoms with Crippen LogP contribution in [0, 0.1) is 5.92 Å². The van der Waals surface area contributed by atoms with Crippen molar-refractivity contribution < 1.29 is 0 Å². The highest BCUT2D eigenvalue weighted by Crippen LogP contribution is 2.49. The van der Waals surface area contributed by atoms with E-state index in [0.717, 1.165) is 0 Å². The molecule has 0 saturated carbocycles. The molecule has 0 fully saturated rings. The molecule has 0 aliphatic heterocycles. The fourth-order valence-corrected chi connectivity index (χ4v) is 5.57. The molecule has 3 aliphatic carbocycles. The standard InChI is InChI=1S/C25H23I/c1-25(2)23-6-4-3-5-21(23)22-12-10-19(15-24(22)25)16-7-8-18-14-20(26)11-9-17(18)13-16/h3-8,10,12,14-15,17H,9,11,13H2,1-2H3. The van der Waals surface area contributed by atoms with Crippen molar-refractivity contribution in [3.8, 4) is 11.1 Å². The summed E-state index contributed by atoms with van der Waals surface area (Å²) in [5.41, 5.74) is 10.3. The van der Waals surface area contributed by atoms with Gasteiger partial charge < -0.3 is 0 Å². The lowest BCUT2D eigenvalue weighted by atomic mass is 9.77. The predicted octanol–water partition coefficient (Wildman–Crippen LogP) is 7.44. The van der Waals surface area contributed by atoms with Gasteiger partial charge in [-0.15, -0.1) is 0 Å². The quantitative estimate of drug-likeness (QED) is 0.396. The van der Waals surface area contributed by atoms with E-state index in [1.54, 1.807) is 0 Å². The van der Waals surface area contributed by atoms with Gasteiger partial charge in [0.2, 0.25) is 0 Å². The molecule has 0 nitrogen and oxygen atoms in total. The second-order valence-electron chi connectivity index (χ2n) is 8.32. The van der Waals surface area contributed by atoms with E-state index >= 15 is 0 Å². The summed E-state index contributed by atoms with van der Waals surface area (Å²) in [5.74, 6) is 0.701. The number of allylic oxidation sites excluding steroid dienone is 6. The fraction of sp³-hybridized carbons (Fsp3) is 0.280.